The van der Waals surface area contributed by atoms with Crippen LogP contribution in [0.3, 0.4) is 0 Å². The van der Waals surface area contributed by atoms with E-state index in [1.54, 1.807) is 17.9 Å². The van der Waals surface area contributed by atoms with Crippen molar-refractivity contribution in [1.82, 2.24) is 15.1 Å². The first-order chi connectivity index (χ1) is 21.8. The van der Waals surface area contributed by atoms with Crippen molar-refractivity contribution in [2.75, 3.05) is 26.2 Å². The maximum absolute atomic E-state index is 13.4. The molecule has 9 heteroatoms. The number of aryl methyl sites for hydroxylation is 1. The number of piperidine rings is 1. The van der Waals surface area contributed by atoms with Crippen LogP contribution in [0, 0.1) is 44.3 Å². The summed E-state index contributed by atoms with van der Waals surface area (Å²) in [6, 6.07) is 3.43. The third-order valence-electron chi connectivity index (χ3n) is 10.7. The molecule has 254 valence electrons. The van der Waals surface area contributed by atoms with E-state index >= 15 is 0 Å². The summed E-state index contributed by atoms with van der Waals surface area (Å²) in [4.78, 5) is 46.7. The lowest BCUT2D eigenvalue weighted by atomic mass is 9.96. The number of amides is 3. The minimum absolute atomic E-state index is 0.0253. The van der Waals surface area contributed by atoms with Gasteiger partial charge in [-0.3, -0.25) is 19.4 Å². The Balaban J connectivity index is 0.000000409. The van der Waals surface area contributed by atoms with Crippen molar-refractivity contribution in [3.05, 3.63) is 45.9 Å². The number of hydrogen-bond donors (Lipinski definition) is 2. The number of carbonyl (C=O) groups excluding carboxylic acids is 3. The van der Waals surface area contributed by atoms with E-state index in [1.807, 2.05) is 13.8 Å². The monoisotopic (exact) mass is 637 g/mol. The summed E-state index contributed by atoms with van der Waals surface area (Å²) in [6.45, 7) is 16.0. The van der Waals surface area contributed by atoms with Gasteiger partial charge < -0.3 is 20.9 Å². The lowest BCUT2D eigenvalue weighted by Crippen LogP contribution is -2.47. The number of aliphatic imine (C=N–C) groups is 1. The van der Waals surface area contributed by atoms with Crippen LogP contribution in [-0.4, -0.2) is 71.0 Å². The topological polar surface area (TPSA) is 108 Å². The van der Waals surface area contributed by atoms with Gasteiger partial charge in [-0.05, 0) is 113 Å². The number of nitrogens with zero attached hydrogens (tertiary/aromatic N) is 3. The molecule has 8 nitrogen and oxygen atoms in total. The number of halogens is 1. The lowest BCUT2D eigenvalue weighted by Gasteiger charge is -2.33. The number of hydrogen-bond acceptors (Lipinski definition) is 5. The molecule has 3 atom stereocenters. The van der Waals surface area contributed by atoms with Crippen LogP contribution in [0.4, 0.5) is 4.39 Å². The molecule has 3 aliphatic carbocycles. The summed E-state index contributed by atoms with van der Waals surface area (Å²) < 4.78 is 12.8. The third kappa shape index (κ3) is 8.37. The zero-order chi connectivity index (χ0) is 33.8. The summed E-state index contributed by atoms with van der Waals surface area (Å²) in [5.41, 5.74) is 11.5. The molecular formula is C37H56FN5O3. The van der Waals surface area contributed by atoms with E-state index < -0.39 is 0 Å². The summed E-state index contributed by atoms with van der Waals surface area (Å²) >= 11 is 0. The van der Waals surface area contributed by atoms with Crippen molar-refractivity contribution in [1.29, 1.82) is 0 Å². The summed E-state index contributed by atoms with van der Waals surface area (Å²) in [5, 5.41) is 2.94. The smallest absolute Gasteiger partial charge is 0.270 e. The van der Waals surface area contributed by atoms with E-state index in [2.05, 4.69) is 31.0 Å². The molecular weight excluding hydrogens is 581 g/mol. The van der Waals surface area contributed by atoms with Crippen molar-refractivity contribution >= 4 is 23.4 Å². The van der Waals surface area contributed by atoms with Gasteiger partial charge in [0.05, 0.1) is 0 Å². The van der Waals surface area contributed by atoms with Crippen LogP contribution >= 0.6 is 0 Å². The molecule has 46 heavy (non-hydrogen) atoms. The quantitative estimate of drug-likeness (QED) is 0.318. The molecule has 4 fully saturated rings. The number of likely N-dealkylation sites (tertiary alicyclic amines) is 1. The average molecular weight is 638 g/mol. The van der Waals surface area contributed by atoms with Crippen molar-refractivity contribution in [3.63, 3.8) is 0 Å². The normalized spacial score (nSPS) is 24.0. The highest BCUT2D eigenvalue weighted by atomic mass is 19.1. The molecule has 1 aromatic carbocycles. The molecule has 1 aliphatic heterocycles. The largest absolute Gasteiger partial charge is 0.394 e. The predicted octanol–water partition coefficient (Wildman–Crippen LogP) is 5.77. The average Bonchev–Trinajstić information content (AvgIpc) is 3.96. The molecule has 1 aromatic rings. The van der Waals surface area contributed by atoms with E-state index in [0.717, 1.165) is 92.3 Å². The van der Waals surface area contributed by atoms with Gasteiger partial charge in [-0.1, -0.05) is 33.3 Å². The van der Waals surface area contributed by atoms with Crippen LogP contribution in [0.2, 0.25) is 0 Å². The van der Waals surface area contributed by atoms with Gasteiger partial charge in [-0.15, -0.1) is 0 Å². The standard InChI is InChI=1S/C28H45N5O3.C9H11F/c1-5-11-33(28(9-10-28)16-18(3)6-2)24(35)17-30-23-15-20-14-22(20)25(23)26(29)27(36)32-12-7-21(8-13-32)31-19(4)34;1-6-4-5-9(10)8(3)7(6)2/h18,20-22H,5-17,29H2,1-4H3,(H,31,34);4-5H,1-3H3/b26-25-,30-23?;/t18?,20-,22-;/m1./s1. The maximum atomic E-state index is 13.4. The van der Waals surface area contributed by atoms with Gasteiger partial charge in [0.1, 0.15) is 18.1 Å². The minimum Gasteiger partial charge on any atom is -0.394 e. The van der Waals surface area contributed by atoms with Crippen molar-refractivity contribution in [3.8, 4) is 0 Å². The molecule has 1 heterocycles. The summed E-state index contributed by atoms with van der Waals surface area (Å²) in [7, 11) is 0. The van der Waals surface area contributed by atoms with Crippen LogP contribution < -0.4 is 11.1 Å². The van der Waals surface area contributed by atoms with E-state index in [4.69, 9.17) is 10.7 Å². The van der Waals surface area contributed by atoms with Gasteiger partial charge in [-0.2, -0.15) is 0 Å². The SMILES string of the molecule is CCCN(C(=O)CN=C1C[C@H]2C[C@H]2/C1=C(/N)C(=O)N1CCC(NC(C)=O)CC1)C1(CC(C)CC)CC1.Cc1ccc(F)c(C)c1C. The Kier molecular flexibility index (Phi) is 11.7. The van der Waals surface area contributed by atoms with Gasteiger partial charge >= 0.3 is 0 Å². The maximum Gasteiger partial charge on any atom is 0.270 e. The molecule has 5 rings (SSSR count). The van der Waals surface area contributed by atoms with Crippen LogP contribution in [0.15, 0.2) is 28.4 Å². The van der Waals surface area contributed by atoms with Crippen LogP contribution in [-0.2, 0) is 14.4 Å². The van der Waals surface area contributed by atoms with Gasteiger partial charge in [0.25, 0.3) is 5.91 Å². The Labute approximate surface area is 275 Å². The van der Waals surface area contributed by atoms with Crippen LogP contribution in [0.25, 0.3) is 0 Å². The number of benzene rings is 1. The molecule has 3 amide bonds. The third-order valence-corrected chi connectivity index (χ3v) is 10.7. The number of carbonyl (C=O) groups is 3. The Bertz CT molecular complexity index is 1330. The fraction of sp³-hybridized carbons (Fsp3) is 0.676. The highest BCUT2D eigenvalue weighted by molar-refractivity contribution is 6.11. The van der Waals surface area contributed by atoms with Crippen molar-refractivity contribution < 1.29 is 18.8 Å². The molecule has 0 spiro atoms. The van der Waals surface area contributed by atoms with Gasteiger partial charge in [0.15, 0.2) is 0 Å². The highest BCUT2D eigenvalue weighted by Gasteiger charge is 2.51. The second-order valence-electron chi connectivity index (χ2n) is 14.3. The second-order valence-corrected chi connectivity index (χ2v) is 14.3. The Morgan fingerprint density at radius 1 is 1.13 bits per heavy atom. The number of fused-ring (bicyclic) bond motifs is 1. The van der Waals surface area contributed by atoms with E-state index in [0.29, 0.717) is 36.5 Å². The summed E-state index contributed by atoms with van der Waals surface area (Å²) in [5.74, 6) is 1.27. The van der Waals surface area contributed by atoms with Crippen molar-refractivity contribution in [2.45, 2.75) is 118 Å². The zero-order valence-electron chi connectivity index (χ0n) is 29.2. The Morgan fingerprint density at radius 2 is 1.80 bits per heavy atom. The number of nitrogens with two attached hydrogens (primary N) is 1. The van der Waals surface area contributed by atoms with Gasteiger partial charge in [-0.25, -0.2) is 4.39 Å². The van der Waals surface area contributed by atoms with Crippen molar-refractivity contribution in [2.24, 2.45) is 28.5 Å². The molecule has 1 saturated heterocycles. The number of nitrogens with one attached hydrogen (secondary N) is 1. The minimum atomic E-state index is -0.129. The first-order valence-electron chi connectivity index (χ1n) is 17.4. The molecule has 3 saturated carbocycles. The highest BCUT2D eigenvalue weighted by Crippen LogP contribution is 2.54. The molecule has 0 aromatic heterocycles. The molecule has 0 radical (unpaired) electrons. The number of rotatable bonds is 10. The van der Waals surface area contributed by atoms with E-state index in [-0.39, 0.29) is 41.7 Å². The fourth-order valence-electron chi connectivity index (χ4n) is 7.25. The van der Waals surface area contributed by atoms with Crippen LogP contribution in [0.5, 0.6) is 0 Å². The Hall–Kier alpha value is -3.23. The van der Waals surface area contributed by atoms with Crippen LogP contribution in [0.1, 0.15) is 102 Å². The predicted molar refractivity (Wildman–Crippen MR) is 182 cm³/mol. The first-order valence-corrected chi connectivity index (χ1v) is 17.4. The molecule has 4 aliphatic rings. The Morgan fingerprint density at radius 3 is 2.37 bits per heavy atom. The van der Waals surface area contributed by atoms with E-state index in [9.17, 15) is 18.8 Å². The van der Waals surface area contributed by atoms with E-state index in [1.165, 1.54) is 13.0 Å². The summed E-state index contributed by atoms with van der Waals surface area (Å²) in [6.07, 6.45) is 8.68. The molecule has 0 bridgehead atoms. The van der Waals surface area contributed by atoms with Gasteiger partial charge in [0, 0.05) is 49.4 Å². The molecule has 1 unspecified atom stereocenters. The molecule has 3 N–H and O–H groups in total. The second kappa shape index (κ2) is 15.1. The first kappa shape index (κ1) is 35.6. The lowest BCUT2D eigenvalue weighted by molar-refractivity contribution is -0.133. The number of allylic oxidation sites excluding steroid dienone is 1. The van der Waals surface area contributed by atoms with Gasteiger partial charge in [0.2, 0.25) is 11.8 Å². The fourth-order valence-corrected chi connectivity index (χ4v) is 7.25. The zero-order valence-corrected chi connectivity index (χ0v) is 29.2.